The third-order valence-electron chi connectivity index (χ3n) is 5.28. The highest BCUT2D eigenvalue weighted by Crippen LogP contribution is 2.40. The number of hydrogen-bond donors (Lipinski definition) is 0. The van der Waals surface area contributed by atoms with Crippen molar-refractivity contribution in [2.24, 2.45) is 0 Å². The summed E-state index contributed by atoms with van der Waals surface area (Å²) in [4.78, 5) is 2.80. The lowest BCUT2D eigenvalue weighted by Gasteiger charge is -2.50. The van der Waals surface area contributed by atoms with Crippen LogP contribution in [0.1, 0.15) is 50.2 Å². The van der Waals surface area contributed by atoms with Gasteiger partial charge in [0.1, 0.15) is 5.75 Å². The average Bonchev–Trinajstić information content (AvgIpc) is 2.49. The Balaban J connectivity index is 1.85. The highest BCUT2D eigenvalue weighted by atomic mass is 16.5. The van der Waals surface area contributed by atoms with E-state index in [9.17, 15) is 0 Å². The molecule has 20 heavy (non-hydrogen) atoms. The van der Waals surface area contributed by atoms with Gasteiger partial charge in [-0.05, 0) is 74.9 Å². The maximum atomic E-state index is 5.37. The van der Waals surface area contributed by atoms with Crippen molar-refractivity contribution < 1.29 is 4.74 Å². The zero-order valence-corrected chi connectivity index (χ0v) is 13.0. The van der Waals surface area contributed by atoms with E-state index in [-0.39, 0.29) is 0 Å². The molecule has 1 aliphatic heterocycles. The van der Waals surface area contributed by atoms with Crippen LogP contribution in [0.15, 0.2) is 18.2 Å². The van der Waals surface area contributed by atoms with E-state index >= 15 is 0 Å². The molecule has 110 valence electrons. The van der Waals surface area contributed by atoms with Crippen molar-refractivity contribution in [3.8, 4) is 5.75 Å². The van der Waals surface area contributed by atoms with Gasteiger partial charge >= 0.3 is 0 Å². The summed E-state index contributed by atoms with van der Waals surface area (Å²) >= 11 is 0. The zero-order chi connectivity index (χ0) is 14.0. The summed E-state index contributed by atoms with van der Waals surface area (Å²) in [6, 6.07) is 6.67. The van der Waals surface area contributed by atoms with Crippen molar-refractivity contribution in [2.75, 3.05) is 20.2 Å². The Bertz CT molecular complexity index is 468. The zero-order valence-electron chi connectivity index (χ0n) is 13.0. The molecule has 1 fully saturated rings. The van der Waals surface area contributed by atoms with Crippen LogP contribution in [0.3, 0.4) is 0 Å². The number of hydrogen-bond acceptors (Lipinski definition) is 2. The van der Waals surface area contributed by atoms with Crippen molar-refractivity contribution in [1.29, 1.82) is 0 Å². The maximum Gasteiger partial charge on any atom is 0.119 e. The fourth-order valence-corrected chi connectivity index (χ4v) is 4.20. The molecule has 2 heteroatoms. The van der Waals surface area contributed by atoms with E-state index in [1.807, 2.05) is 0 Å². The number of nitrogens with zero attached hydrogens (tertiary/aromatic N) is 1. The SMILES string of the molecule is CCCN1CCCCC12CCc1cc(OC)ccc1C2. The minimum Gasteiger partial charge on any atom is -0.497 e. The molecule has 1 aromatic carbocycles. The Hall–Kier alpha value is -1.02. The summed E-state index contributed by atoms with van der Waals surface area (Å²) in [7, 11) is 1.76. The first-order valence-electron chi connectivity index (χ1n) is 8.18. The van der Waals surface area contributed by atoms with Gasteiger partial charge in [0.05, 0.1) is 7.11 Å². The van der Waals surface area contributed by atoms with Crippen molar-refractivity contribution in [1.82, 2.24) is 4.90 Å². The highest BCUT2D eigenvalue weighted by molar-refractivity contribution is 5.39. The Morgan fingerprint density at radius 2 is 2.10 bits per heavy atom. The number of piperidine rings is 1. The predicted molar refractivity (Wildman–Crippen MR) is 83.5 cm³/mol. The Kier molecular flexibility index (Phi) is 4.02. The van der Waals surface area contributed by atoms with Gasteiger partial charge in [-0.1, -0.05) is 19.4 Å². The molecule has 3 rings (SSSR count). The predicted octanol–water partition coefficient (Wildman–Crippen LogP) is 3.82. The second-order valence-corrected chi connectivity index (χ2v) is 6.48. The second kappa shape index (κ2) is 5.77. The first kappa shape index (κ1) is 13.9. The van der Waals surface area contributed by atoms with Gasteiger partial charge in [-0.15, -0.1) is 0 Å². The number of ether oxygens (including phenoxy) is 1. The fraction of sp³-hybridized carbons (Fsp3) is 0.667. The van der Waals surface area contributed by atoms with Gasteiger partial charge in [-0.2, -0.15) is 0 Å². The lowest BCUT2D eigenvalue weighted by molar-refractivity contribution is 0.0340. The van der Waals surface area contributed by atoms with Crippen molar-refractivity contribution in [3.05, 3.63) is 29.3 Å². The smallest absolute Gasteiger partial charge is 0.119 e. The third kappa shape index (κ3) is 2.46. The summed E-state index contributed by atoms with van der Waals surface area (Å²) in [5.74, 6) is 1.01. The molecule has 0 amide bonds. The molecule has 1 aliphatic carbocycles. The molecule has 1 unspecified atom stereocenters. The van der Waals surface area contributed by atoms with Crippen molar-refractivity contribution in [2.45, 2.75) is 57.4 Å². The van der Waals surface area contributed by atoms with Gasteiger partial charge in [0.15, 0.2) is 0 Å². The van der Waals surface area contributed by atoms with Gasteiger partial charge in [-0.3, -0.25) is 4.90 Å². The molecule has 0 N–H and O–H groups in total. The molecule has 1 spiro atoms. The number of rotatable bonds is 3. The standard InChI is InChI=1S/C18H27NO/c1-3-11-19-12-5-4-9-18(19)10-8-15-13-17(20-2)7-6-16(15)14-18/h6-7,13H,3-5,8-12,14H2,1-2H3. The van der Waals surface area contributed by atoms with Crippen LogP contribution in [0.25, 0.3) is 0 Å². The fourth-order valence-electron chi connectivity index (χ4n) is 4.20. The molecule has 1 heterocycles. The van der Waals surface area contributed by atoms with Gasteiger partial charge < -0.3 is 4.74 Å². The third-order valence-corrected chi connectivity index (χ3v) is 5.28. The number of likely N-dealkylation sites (tertiary alicyclic amines) is 1. The van der Waals surface area contributed by atoms with Crippen LogP contribution >= 0.6 is 0 Å². The van der Waals surface area contributed by atoms with E-state index in [1.165, 1.54) is 63.6 Å². The van der Waals surface area contributed by atoms with E-state index in [2.05, 4.69) is 30.0 Å². The summed E-state index contributed by atoms with van der Waals surface area (Å²) in [6.45, 7) is 4.88. The number of aryl methyl sites for hydroxylation is 1. The quantitative estimate of drug-likeness (QED) is 0.830. The lowest BCUT2D eigenvalue weighted by atomic mass is 9.72. The molecule has 0 radical (unpaired) electrons. The first-order chi connectivity index (χ1) is 9.77. The minimum absolute atomic E-state index is 0.454. The highest BCUT2D eigenvalue weighted by Gasteiger charge is 2.40. The first-order valence-corrected chi connectivity index (χ1v) is 8.18. The molecule has 2 aliphatic rings. The Labute approximate surface area is 123 Å². The molecular weight excluding hydrogens is 246 g/mol. The lowest BCUT2D eigenvalue weighted by Crippen LogP contribution is -2.55. The number of benzene rings is 1. The summed E-state index contributed by atoms with van der Waals surface area (Å²) in [6.07, 6.45) is 9.24. The Morgan fingerprint density at radius 3 is 2.90 bits per heavy atom. The van der Waals surface area contributed by atoms with E-state index < -0.39 is 0 Å². The topological polar surface area (TPSA) is 12.5 Å². The molecule has 1 aromatic rings. The van der Waals surface area contributed by atoms with Gasteiger partial charge in [-0.25, -0.2) is 0 Å². The van der Waals surface area contributed by atoms with Crippen molar-refractivity contribution >= 4 is 0 Å². The van der Waals surface area contributed by atoms with Gasteiger partial charge in [0, 0.05) is 5.54 Å². The van der Waals surface area contributed by atoms with Gasteiger partial charge in [0.2, 0.25) is 0 Å². The monoisotopic (exact) mass is 273 g/mol. The van der Waals surface area contributed by atoms with Crippen LogP contribution in [0, 0.1) is 0 Å². The van der Waals surface area contributed by atoms with E-state index in [0.717, 1.165) is 5.75 Å². The number of fused-ring (bicyclic) bond motifs is 1. The minimum atomic E-state index is 0.454. The molecular formula is C18H27NO. The van der Waals surface area contributed by atoms with Crippen LogP contribution in [-0.2, 0) is 12.8 Å². The van der Waals surface area contributed by atoms with Crippen LogP contribution in [0.4, 0.5) is 0 Å². The van der Waals surface area contributed by atoms with Crippen LogP contribution in [-0.4, -0.2) is 30.6 Å². The largest absolute Gasteiger partial charge is 0.497 e. The van der Waals surface area contributed by atoms with Gasteiger partial charge in [0.25, 0.3) is 0 Å². The summed E-state index contributed by atoms with van der Waals surface area (Å²) < 4.78 is 5.37. The molecule has 1 saturated heterocycles. The average molecular weight is 273 g/mol. The normalized spacial score (nSPS) is 26.5. The van der Waals surface area contributed by atoms with E-state index in [1.54, 1.807) is 12.7 Å². The maximum absolute atomic E-state index is 5.37. The van der Waals surface area contributed by atoms with E-state index in [0.29, 0.717) is 5.54 Å². The molecule has 0 bridgehead atoms. The Morgan fingerprint density at radius 1 is 1.20 bits per heavy atom. The molecule has 0 aromatic heterocycles. The molecule has 2 nitrogen and oxygen atoms in total. The summed E-state index contributed by atoms with van der Waals surface area (Å²) in [5.41, 5.74) is 3.52. The van der Waals surface area contributed by atoms with Crippen LogP contribution in [0.2, 0.25) is 0 Å². The van der Waals surface area contributed by atoms with Crippen LogP contribution < -0.4 is 4.74 Å². The molecule has 0 saturated carbocycles. The van der Waals surface area contributed by atoms with Crippen LogP contribution in [0.5, 0.6) is 5.75 Å². The number of methoxy groups -OCH3 is 1. The second-order valence-electron chi connectivity index (χ2n) is 6.48. The van der Waals surface area contributed by atoms with Crippen molar-refractivity contribution in [3.63, 3.8) is 0 Å². The van der Waals surface area contributed by atoms with E-state index in [4.69, 9.17) is 4.74 Å². The molecule has 1 atom stereocenters. The summed E-state index contributed by atoms with van der Waals surface area (Å²) in [5, 5.41) is 0.